The zero-order chi connectivity index (χ0) is 23.9. The van der Waals surface area contributed by atoms with Crippen molar-refractivity contribution in [3.63, 3.8) is 0 Å². The van der Waals surface area contributed by atoms with Crippen LogP contribution in [-0.2, 0) is 24.9 Å². The number of nitrogens with zero attached hydrogens (tertiary/aromatic N) is 6. The molecule has 0 atom stereocenters. The highest BCUT2D eigenvalue weighted by molar-refractivity contribution is 7.99. The summed E-state index contributed by atoms with van der Waals surface area (Å²) in [6.07, 6.45) is 5.32. The summed E-state index contributed by atoms with van der Waals surface area (Å²) in [6.45, 7) is 1.13. The van der Waals surface area contributed by atoms with Gasteiger partial charge in [0, 0.05) is 43.7 Å². The Labute approximate surface area is 201 Å². The largest absolute Gasteiger partial charge is 0.337 e. The van der Waals surface area contributed by atoms with Gasteiger partial charge in [-0.1, -0.05) is 42.1 Å². The van der Waals surface area contributed by atoms with Crippen molar-refractivity contribution >= 4 is 29.3 Å². The average molecular weight is 476 g/mol. The molecular weight excluding hydrogens is 450 g/mol. The van der Waals surface area contributed by atoms with Gasteiger partial charge in [0.05, 0.1) is 18.5 Å². The molecule has 10 heteroatoms. The maximum Gasteiger partial charge on any atom is 0.253 e. The van der Waals surface area contributed by atoms with Gasteiger partial charge in [0.1, 0.15) is 6.33 Å². The fraction of sp³-hybridized carbons (Fsp3) is 0.208. The van der Waals surface area contributed by atoms with Gasteiger partial charge in [0.25, 0.3) is 5.91 Å². The van der Waals surface area contributed by atoms with Crippen LogP contribution in [0.4, 0.5) is 5.69 Å². The quantitative estimate of drug-likeness (QED) is 0.374. The van der Waals surface area contributed by atoms with Gasteiger partial charge >= 0.3 is 0 Å². The average Bonchev–Trinajstić information content (AvgIpc) is 3.46. The first-order chi connectivity index (χ1) is 16.5. The molecule has 0 aliphatic rings. The van der Waals surface area contributed by atoms with E-state index in [9.17, 15) is 9.59 Å². The van der Waals surface area contributed by atoms with E-state index in [0.29, 0.717) is 29.5 Å². The van der Waals surface area contributed by atoms with Gasteiger partial charge < -0.3 is 14.8 Å². The number of hydrogen-bond acceptors (Lipinski definition) is 6. The molecule has 0 unspecified atom stereocenters. The molecule has 1 N–H and O–H groups in total. The Balaban J connectivity index is 1.28. The van der Waals surface area contributed by atoms with Crippen molar-refractivity contribution in [1.82, 2.24) is 29.4 Å². The van der Waals surface area contributed by atoms with Crippen LogP contribution in [0.15, 0.2) is 78.5 Å². The molecular formula is C24H25N7O2S. The fourth-order valence-corrected chi connectivity index (χ4v) is 4.03. The summed E-state index contributed by atoms with van der Waals surface area (Å²) in [5, 5.41) is 15.6. The monoisotopic (exact) mass is 475 g/mol. The Morgan fingerprint density at radius 2 is 1.82 bits per heavy atom. The van der Waals surface area contributed by atoms with Gasteiger partial charge in [0.15, 0.2) is 5.16 Å². The van der Waals surface area contributed by atoms with Crippen LogP contribution in [0.25, 0.3) is 0 Å². The molecule has 9 nitrogen and oxygen atoms in total. The lowest BCUT2D eigenvalue weighted by atomic mass is 10.1. The van der Waals surface area contributed by atoms with Gasteiger partial charge in [-0.25, -0.2) is 0 Å². The van der Waals surface area contributed by atoms with Crippen LogP contribution in [-0.4, -0.2) is 54.1 Å². The first-order valence-electron chi connectivity index (χ1n) is 10.7. The number of aryl methyl sites for hydroxylation is 1. The van der Waals surface area contributed by atoms with E-state index in [0.717, 1.165) is 5.56 Å². The molecule has 2 amide bonds. The molecule has 0 fully saturated rings. The highest BCUT2D eigenvalue weighted by atomic mass is 32.2. The molecule has 0 saturated heterocycles. The molecule has 2 aromatic heterocycles. The molecule has 4 aromatic rings. The molecule has 0 aliphatic heterocycles. The molecule has 174 valence electrons. The van der Waals surface area contributed by atoms with Crippen LogP contribution in [0.5, 0.6) is 0 Å². The second-order valence-corrected chi connectivity index (χ2v) is 8.77. The van der Waals surface area contributed by atoms with Crippen LogP contribution in [0, 0.1) is 0 Å². The summed E-state index contributed by atoms with van der Waals surface area (Å²) in [6, 6.07) is 17.0. The minimum atomic E-state index is -0.156. The molecule has 0 radical (unpaired) electrons. The Morgan fingerprint density at radius 3 is 2.53 bits per heavy atom. The second-order valence-electron chi connectivity index (χ2n) is 7.83. The molecule has 0 bridgehead atoms. The van der Waals surface area contributed by atoms with Crippen LogP contribution in [0.1, 0.15) is 21.5 Å². The molecule has 0 spiro atoms. The van der Waals surface area contributed by atoms with Crippen molar-refractivity contribution in [3.05, 3.63) is 90.0 Å². The number of carbonyl (C=O) groups is 2. The molecule has 2 aromatic carbocycles. The van der Waals surface area contributed by atoms with E-state index in [1.807, 2.05) is 36.1 Å². The van der Waals surface area contributed by atoms with E-state index in [1.165, 1.54) is 17.3 Å². The SMILES string of the molecule is CN(Cc1cnn(Cc2ccccc2)c1)C(=O)c1ccc(NC(=O)CSc2nncn2C)cc1. The van der Waals surface area contributed by atoms with E-state index >= 15 is 0 Å². The van der Waals surface area contributed by atoms with Gasteiger partial charge in [-0.05, 0) is 29.8 Å². The minimum Gasteiger partial charge on any atom is -0.337 e. The lowest BCUT2D eigenvalue weighted by Crippen LogP contribution is -2.26. The highest BCUT2D eigenvalue weighted by Crippen LogP contribution is 2.16. The van der Waals surface area contributed by atoms with Crippen molar-refractivity contribution in [2.24, 2.45) is 7.05 Å². The fourth-order valence-electron chi connectivity index (χ4n) is 3.34. The van der Waals surface area contributed by atoms with E-state index in [1.54, 1.807) is 53.3 Å². The molecule has 4 rings (SSSR count). The number of anilines is 1. The van der Waals surface area contributed by atoms with Crippen molar-refractivity contribution in [2.75, 3.05) is 18.1 Å². The van der Waals surface area contributed by atoms with Crippen molar-refractivity contribution < 1.29 is 9.59 Å². The standard InChI is InChI=1S/C24H25N7O2S/c1-29(13-19-12-26-31(15-19)14-18-6-4-3-5-7-18)23(33)20-8-10-21(11-9-20)27-22(32)16-34-24-28-25-17-30(24)2/h3-12,15,17H,13-14,16H2,1-2H3,(H,27,32). The number of thioether (sulfide) groups is 1. The van der Waals surface area contributed by atoms with E-state index in [4.69, 9.17) is 0 Å². The lowest BCUT2D eigenvalue weighted by molar-refractivity contribution is -0.113. The minimum absolute atomic E-state index is 0.105. The van der Waals surface area contributed by atoms with Crippen LogP contribution in [0.2, 0.25) is 0 Å². The molecule has 34 heavy (non-hydrogen) atoms. The van der Waals surface area contributed by atoms with Crippen molar-refractivity contribution in [2.45, 2.75) is 18.2 Å². The maximum atomic E-state index is 12.8. The maximum absolute atomic E-state index is 12.8. The number of nitrogens with one attached hydrogen (secondary N) is 1. The molecule has 0 saturated carbocycles. The number of benzene rings is 2. The normalized spacial score (nSPS) is 10.8. The first-order valence-corrected chi connectivity index (χ1v) is 11.6. The number of amides is 2. The third-order valence-electron chi connectivity index (χ3n) is 5.06. The second kappa shape index (κ2) is 10.8. The summed E-state index contributed by atoms with van der Waals surface area (Å²) < 4.78 is 3.62. The van der Waals surface area contributed by atoms with Gasteiger partial charge in [-0.15, -0.1) is 10.2 Å². The number of carbonyl (C=O) groups excluding carboxylic acids is 2. The van der Waals surface area contributed by atoms with Crippen molar-refractivity contribution in [1.29, 1.82) is 0 Å². The Morgan fingerprint density at radius 1 is 1.06 bits per heavy atom. The predicted molar refractivity (Wildman–Crippen MR) is 130 cm³/mol. The number of aromatic nitrogens is 5. The molecule has 2 heterocycles. The lowest BCUT2D eigenvalue weighted by Gasteiger charge is -2.16. The Bertz CT molecular complexity index is 1250. The smallest absolute Gasteiger partial charge is 0.253 e. The predicted octanol–water partition coefficient (Wildman–Crippen LogP) is 3.06. The zero-order valence-electron chi connectivity index (χ0n) is 19.0. The van der Waals surface area contributed by atoms with Gasteiger partial charge in [-0.2, -0.15) is 5.10 Å². The van der Waals surface area contributed by atoms with Crippen LogP contribution >= 0.6 is 11.8 Å². The van der Waals surface area contributed by atoms with Crippen molar-refractivity contribution in [3.8, 4) is 0 Å². The summed E-state index contributed by atoms with van der Waals surface area (Å²) in [4.78, 5) is 26.7. The Hall–Kier alpha value is -3.92. The van der Waals surface area contributed by atoms with Crippen LogP contribution < -0.4 is 5.32 Å². The van der Waals surface area contributed by atoms with E-state index in [2.05, 4.69) is 32.7 Å². The summed E-state index contributed by atoms with van der Waals surface area (Å²) >= 11 is 1.31. The Kier molecular flexibility index (Phi) is 7.38. The highest BCUT2D eigenvalue weighted by Gasteiger charge is 2.14. The van der Waals surface area contributed by atoms with Gasteiger partial charge in [0.2, 0.25) is 5.91 Å². The summed E-state index contributed by atoms with van der Waals surface area (Å²) in [7, 11) is 3.58. The number of hydrogen-bond donors (Lipinski definition) is 1. The molecule has 0 aliphatic carbocycles. The topological polar surface area (TPSA) is 97.9 Å². The van der Waals surface area contributed by atoms with Gasteiger partial charge in [-0.3, -0.25) is 14.3 Å². The first kappa shape index (κ1) is 23.2. The third kappa shape index (κ3) is 6.10. The zero-order valence-corrected chi connectivity index (χ0v) is 19.8. The van der Waals surface area contributed by atoms with E-state index < -0.39 is 0 Å². The van der Waals surface area contributed by atoms with Crippen LogP contribution in [0.3, 0.4) is 0 Å². The summed E-state index contributed by atoms with van der Waals surface area (Å²) in [5.74, 6) is -0.0447. The number of rotatable bonds is 9. The summed E-state index contributed by atoms with van der Waals surface area (Å²) in [5.41, 5.74) is 3.30. The van der Waals surface area contributed by atoms with E-state index in [-0.39, 0.29) is 17.6 Å². The third-order valence-corrected chi connectivity index (χ3v) is 6.09.